The van der Waals surface area contributed by atoms with Crippen LogP contribution in [0.3, 0.4) is 0 Å². The van der Waals surface area contributed by atoms with Crippen LogP contribution >= 0.6 is 34.9 Å². The van der Waals surface area contributed by atoms with Crippen LogP contribution in [0.4, 0.5) is 15.2 Å². The van der Waals surface area contributed by atoms with Crippen molar-refractivity contribution in [3.8, 4) is 0 Å². The molecule has 4 N–H and O–H groups in total. The van der Waals surface area contributed by atoms with Crippen molar-refractivity contribution in [3.05, 3.63) is 34.5 Å². The molecule has 1 saturated heterocycles. The van der Waals surface area contributed by atoms with Crippen LogP contribution in [0.2, 0.25) is 5.02 Å². The summed E-state index contributed by atoms with van der Waals surface area (Å²) in [6, 6.07) is 4.20. The van der Waals surface area contributed by atoms with E-state index in [9.17, 15) is 4.39 Å². The molecule has 2 aromatic rings. The molecule has 1 aliphatic heterocycles. The quantitative estimate of drug-likeness (QED) is 0.290. The lowest BCUT2D eigenvalue weighted by Crippen LogP contribution is -2.43. The van der Waals surface area contributed by atoms with E-state index in [4.69, 9.17) is 11.6 Å². The number of halogens is 2. The van der Waals surface area contributed by atoms with Crippen molar-refractivity contribution in [2.24, 2.45) is 0 Å². The number of thiazole rings is 1. The molecule has 0 amide bonds. The van der Waals surface area contributed by atoms with Gasteiger partial charge in [0.1, 0.15) is 5.82 Å². The Balaban J connectivity index is 1.36. The predicted molar refractivity (Wildman–Crippen MR) is 119 cm³/mol. The summed E-state index contributed by atoms with van der Waals surface area (Å²) in [6.45, 7) is 5.13. The van der Waals surface area contributed by atoms with Gasteiger partial charge in [-0.1, -0.05) is 11.6 Å². The van der Waals surface area contributed by atoms with Crippen LogP contribution in [-0.4, -0.2) is 36.7 Å². The van der Waals surface area contributed by atoms with Gasteiger partial charge in [0.05, 0.1) is 15.6 Å². The number of unbranched alkanes of at least 4 members (excludes halogenated alkanes) is 1. The smallest absolute Gasteiger partial charge is 0.192 e. The van der Waals surface area contributed by atoms with E-state index in [-0.39, 0.29) is 5.82 Å². The Morgan fingerprint density at radius 1 is 1.39 bits per heavy atom. The molecule has 1 aromatic carbocycles. The summed E-state index contributed by atoms with van der Waals surface area (Å²) in [7, 11) is 0. The molecule has 2 atom stereocenters. The van der Waals surface area contributed by atoms with E-state index in [1.54, 1.807) is 12.3 Å². The molecule has 154 valence electrons. The average Bonchev–Trinajstić information content (AvgIpc) is 3.39. The molecule has 0 unspecified atom stereocenters. The highest BCUT2D eigenvalue weighted by molar-refractivity contribution is 8.00. The van der Waals surface area contributed by atoms with Gasteiger partial charge in [0.25, 0.3) is 0 Å². The van der Waals surface area contributed by atoms with Gasteiger partial charge >= 0.3 is 0 Å². The Morgan fingerprint density at radius 3 is 3.00 bits per heavy atom. The lowest BCUT2D eigenvalue weighted by molar-refractivity contribution is 0.422. The van der Waals surface area contributed by atoms with Gasteiger partial charge in [0.15, 0.2) is 5.13 Å². The van der Waals surface area contributed by atoms with Crippen molar-refractivity contribution in [1.29, 1.82) is 0 Å². The molecule has 0 spiro atoms. The number of hydrogen-bond donors (Lipinski definition) is 4. The summed E-state index contributed by atoms with van der Waals surface area (Å²) in [4.78, 5) is 4.56. The van der Waals surface area contributed by atoms with Crippen LogP contribution in [0.1, 0.15) is 32.6 Å². The van der Waals surface area contributed by atoms with Crippen LogP contribution in [0, 0.1) is 5.82 Å². The molecule has 0 saturated carbocycles. The number of aromatic nitrogens is 1. The predicted octanol–water partition coefficient (Wildman–Crippen LogP) is 4.98. The number of nitrogens with one attached hydrogen (secondary N) is 4. The SMILES string of the molecule is C[C@H](NCCCCNc1cc(F)c(SNc2nccs2)cc1Cl)[C@@H]1CCCN1. The van der Waals surface area contributed by atoms with E-state index < -0.39 is 0 Å². The largest absolute Gasteiger partial charge is 0.384 e. The normalized spacial score (nSPS) is 17.6. The van der Waals surface area contributed by atoms with Crippen molar-refractivity contribution >= 4 is 45.7 Å². The first-order valence-corrected chi connectivity index (χ1v) is 11.7. The standard InChI is InChI=1S/C19H27ClFN5S2/c1-13(16-5-4-8-23-16)22-6-2-3-7-24-17-12-15(21)18(11-14(17)20)28-26-19-25-9-10-27-19/h9-13,16,22-24H,2-8H2,1H3,(H,25,26)/t13-,16-/m0/s1. The van der Waals surface area contributed by atoms with Gasteiger partial charge in [-0.25, -0.2) is 9.37 Å². The average molecular weight is 444 g/mol. The second-order valence-corrected chi connectivity index (χ2v) is 9.03. The molecule has 0 aliphatic carbocycles. The van der Waals surface area contributed by atoms with E-state index in [1.165, 1.54) is 42.2 Å². The fourth-order valence-corrected chi connectivity index (χ4v) is 4.77. The summed E-state index contributed by atoms with van der Waals surface area (Å²) in [5, 5.41) is 13.5. The van der Waals surface area contributed by atoms with Crippen LogP contribution in [0.25, 0.3) is 0 Å². The van der Waals surface area contributed by atoms with E-state index in [2.05, 4.69) is 32.6 Å². The monoisotopic (exact) mass is 443 g/mol. The summed E-state index contributed by atoms with van der Waals surface area (Å²) in [5.41, 5.74) is 0.634. The van der Waals surface area contributed by atoms with E-state index in [0.29, 0.717) is 27.7 Å². The second kappa shape index (κ2) is 11.2. The second-order valence-electron chi connectivity index (χ2n) is 6.88. The van der Waals surface area contributed by atoms with Crippen molar-refractivity contribution in [2.45, 2.75) is 49.6 Å². The third-order valence-corrected chi connectivity index (χ3v) is 6.75. The number of anilines is 2. The lowest BCUT2D eigenvalue weighted by Gasteiger charge is -2.20. The fraction of sp³-hybridized carbons (Fsp3) is 0.526. The number of benzene rings is 1. The molecule has 1 aromatic heterocycles. The first-order valence-electron chi connectivity index (χ1n) is 9.65. The minimum Gasteiger partial charge on any atom is -0.384 e. The molecule has 2 heterocycles. The third kappa shape index (κ3) is 6.49. The third-order valence-electron chi connectivity index (χ3n) is 4.79. The minimum absolute atomic E-state index is 0.305. The summed E-state index contributed by atoms with van der Waals surface area (Å²) in [5.74, 6) is -0.305. The lowest BCUT2D eigenvalue weighted by atomic mass is 10.1. The molecule has 1 fully saturated rings. The minimum atomic E-state index is -0.305. The van der Waals surface area contributed by atoms with Gasteiger partial charge in [0.2, 0.25) is 0 Å². The number of nitrogens with zero attached hydrogens (tertiary/aromatic N) is 1. The maximum absolute atomic E-state index is 14.3. The molecule has 3 rings (SSSR count). The molecule has 0 bridgehead atoms. The van der Waals surface area contributed by atoms with Gasteiger partial charge in [-0.15, -0.1) is 11.3 Å². The van der Waals surface area contributed by atoms with Crippen molar-refractivity contribution in [2.75, 3.05) is 29.7 Å². The van der Waals surface area contributed by atoms with Crippen LogP contribution in [-0.2, 0) is 0 Å². The van der Waals surface area contributed by atoms with E-state index >= 15 is 0 Å². The maximum Gasteiger partial charge on any atom is 0.192 e. The Hall–Kier alpha value is -1.06. The highest BCUT2D eigenvalue weighted by atomic mass is 35.5. The molecular formula is C19H27ClFN5S2. The van der Waals surface area contributed by atoms with Gasteiger partial charge in [-0.05, 0) is 69.8 Å². The molecule has 28 heavy (non-hydrogen) atoms. The van der Waals surface area contributed by atoms with Crippen molar-refractivity contribution < 1.29 is 4.39 Å². The molecule has 5 nitrogen and oxygen atoms in total. The van der Waals surface area contributed by atoms with Gasteiger partial charge in [-0.3, -0.25) is 0 Å². The highest BCUT2D eigenvalue weighted by Gasteiger charge is 2.19. The van der Waals surface area contributed by atoms with Gasteiger partial charge in [-0.2, -0.15) is 0 Å². The Bertz CT molecular complexity index is 725. The first-order chi connectivity index (χ1) is 13.6. The van der Waals surface area contributed by atoms with Crippen LogP contribution < -0.4 is 20.7 Å². The number of rotatable bonds is 11. The highest BCUT2D eigenvalue weighted by Crippen LogP contribution is 2.32. The van der Waals surface area contributed by atoms with Crippen molar-refractivity contribution in [1.82, 2.24) is 15.6 Å². The maximum atomic E-state index is 14.3. The van der Waals surface area contributed by atoms with Gasteiger partial charge in [0, 0.05) is 30.2 Å². The first kappa shape index (κ1) is 21.6. The summed E-state index contributed by atoms with van der Waals surface area (Å²) >= 11 is 8.95. The van der Waals surface area contributed by atoms with E-state index in [1.807, 2.05) is 5.38 Å². The Labute approximate surface area is 179 Å². The van der Waals surface area contributed by atoms with Crippen molar-refractivity contribution in [3.63, 3.8) is 0 Å². The number of hydrogen-bond acceptors (Lipinski definition) is 7. The zero-order valence-corrected chi connectivity index (χ0v) is 18.3. The van der Waals surface area contributed by atoms with Gasteiger partial charge < -0.3 is 20.7 Å². The molecular weight excluding hydrogens is 417 g/mol. The van der Waals surface area contributed by atoms with E-state index in [0.717, 1.165) is 37.6 Å². The topological polar surface area (TPSA) is 61.0 Å². The van der Waals surface area contributed by atoms with Crippen LogP contribution in [0.15, 0.2) is 28.6 Å². The zero-order chi connectivity index (χ0) is 19.8. The molecule has 9 heteroatoms. The summed E-state index contributed by atoms with van der Waals surface area (Å²) in [6.07, 6.45) is 6.29. The fourth-order valence-electron chi connectivity index (χ4n) is 3.20. The summed E-state index contributed by atoms with van der Waals surface area (Å²) < 4.78 is 17.4. The van der Waals surface area contributed by atoms with Crippen LogP contribution in [0.5, 0.6) is 0 Å². The zero-order valence-electron chi connectivity index (χ0n) is 15.9. The molecule has 1 aliphatic rings. The molecule has 0 radical (unpaired) electrons. The Kier molecular flexibility index (Phi) is 8.66. The Morgan fingerprint density at radius 2 is 2.25 bits per heavy atom.